The molecular weight excluding hydrogens is 246 g/mol. The van der Waals surface area contributed by atoms with Gasteiger partial charge in [-0.2, -0.15) is 0 Å². The molecule has 0 bridgehead atoms. The third-order valence-electron chi connectivity index (χ3n) is 3.33. The van der Waals surface area contributed by atoms with Crippen molar-refractivity contribution < 1.29 is 4.79 Å². The normalized spacial score (nSPS) is 19.2. The molecule has 1 aromatic heterocycles. The summed E-state index contributed by atoms with van der Waals surface area (Å²) in [5.74, 6) is 0.183. The Balaban J connectivity index is 1.80. The third-order valence-corrected chi connectivity index (χ3v) is 4.14. The Hall–Kier alpha value is -1.10. The van der Waals surface area contributed by atoms with Crippen molar-refractivity contribution in [2.24, 2.45) is 0 Å². The van der Waals surface area contributed by atoms with Crippen LogP contribution in [0.5, 0.6) is 0 Å². The number of nitrogens with one attached hydrogen (secondary N) is 1. The molecule has 1 unspecified atom stereocenters. The van der Waals surface area contributed by atoms with Gasteiger partial charge in [-0.3, -0.25) is 4.79 Å². The maximum Gasteiger partial charge on any atom is 0.220 e. The summed E-state index contributed by atoms with van der Waals surface area (Å²) in [7, 11) is 0. The van der Waals surface area contributed by atoms with E-state index in [4.69, 9.17) is 0 Å². The van der Waals surface area contributed by atoms with Crippen molar-refractivity contribution in [1.29, 1.82) is 0 Å². The van der Waals surface area contributed by atoms with Gasteiger partial charge in [0, 0.05) is 37.1 Å². The molecule has 0 radical (unpaired) electrons. The number of aromatic nitrogens is 1. The molecule has 5 heteroatoms. The van der Waals surface area contributed by atoms with Crippen LogP contribution in [-0.2, 0) is 4.79 Å². The van der Waals surface area contributed by atoms with E-state index in [2.05, 4.69) is 22.1 Å². The Morgan fingerprint density at radius 2 is 2.56 bits per heavy atom. The number of amides is 1. The van der Waals surface area contributed by atoms with Gasteiger partial charge in [0.1, 0.15) is 0 Å². The standard InChI is InChI=1S/C13H21N3OS/c1-2-3-6-12(17)15-10-11-5-4-8-16(11)13-14-7-9-18-13/h7,9,11H,2-6,8,10H2,1H3,(H,15,17). The first-order chi connectivity index (χ1) is 8.81. The van der Waals surface area contributed by atoms with Crippen LogP contribution in [0, 0.1) is 0 Å². The van der Waals surface area contributed by atoms with E-state index in [0.29, 0.717) is 12.5 Å². The molecule has 1 amide bonds. The number of carbonyl (C=O) groups is 1. The van der Waals surface area contributed by atoms with Crippen LogP contribution < -0.4 is 10.2 Å². The third kappa shape index (κ3) is 3.45. The summed E-state index contributed by atoms with van der Waals surface area (Å²) in [6.07, 6.45) is 6.88. The van der Waals surface area contributed by atoms with Crippen LogP contribution in [0.4, 0.5) is 5.13 Å². The van der Waals surface area contributed by atoms with Crippen molar-refractivity contribution in [2.45, 2.75) is 45.1 Å². The van der Waals surface area contributed by atoms with E-state index >= 15 is 0 Å². The highest BCUT2D eigenvalue weighted by Crippen LogP contribution is 2.26. The zero-order chi connectivity index (χ0) is 12.8. The van der Waals surface area contributed by atoms with Gasteiger partial charge in [0.2, 0.25) is 5.91 Å². The summed E-state index contributed by atoms with van der Waals surface area (Å²) in [6.45, 7) is 3.92. The second-order valence-corrected chi connectivity index (χ2v) is 5.58. The highest BCUT2D eigenvalue weighted by molar-refractivity contribution is 7.13. The largest absolute Gasteiger partial charge is 0.354 e. The number of anilines is 1. The summed E-state index contributed by atoms with van der Waals surface area (Å²) >= 11 is 1.67. The van der Waals surface area contributed by atoms with Gasteiger partial charge in [0.25, 0.3) is 0 Å². The fourth-order valence-corrected chi connectivity index (χ4v) is 3.06. The number of carbonyl (C=O) groups excluding carboxylic acids is 1. The molecule has 1 aliphatic heterocycles. The van der Waals surface area contributed by atoms with E-state index in [1.165, 1.54) is 6.42 Å². The van der Waals surface area contributed by atoms with E-state index in [1.54, 1.807) is 11.3 Å². The molecule has 0 aromatic carbocycles. The summed E-state index contributed by atoms with van der Waals surface area (Å²) in [5.41, 5.74) is 0. The first-order valence-corrected chi connectivity index (χ1v) is 7.62. The lowest BCUT2D eigenvalue weighted by molar-refractivity contribution is -0.121. The highest BCUT2D eigenvalue weighted by atomic mass is 32.1. The van der Waals surface area contributed by atoms with Crippen LogP contribution in [0.1, 0.15) is 39.0 Å². The number of hydrogen-bond donors (Lipinski definition) is 1. The Labute approximate surface area is 112 Å². The van der Waals surface area contributed by atoms with Gasteiger partial charge >= 0.3 is 0 Å². The van der Waals surface area contributed by atoms with Gasteiger partial charge in [-0.25, -0.2) is 4.98 Å². The molecular formula is C13H21N3OS. The smallest absolute Gasteiger partial charge is 0.220 e. The molecule has 1 atom stereocenters. The Kier molecular flexibility index (Phi) is 4.99. The van der Waals surface area contributed by atoms with E-state index < -0.39 is 0 Å². The van der Waals surface area contributed by atoms with Crippen molar-refractivity contribution >= 4 is 22.4 Å². The van der Waals surface area contributed by atoms with E-state index in [0.717, 1.165) is 37.5 Å². The molecule has 0 aliphatic carbocycles. The predicted octanol–water partition coefficient (Wildman–Crippen LogP) is 2.42. The molecule has 2 heterocycles. The van der Waals surface area contributed by atoms with Gasteiger partial charge in [-0.15, -0.1) is 11.3 Å². The van der Waals surface area contributed by atoms with Crippen molar-refractivity contribution in [3.8, 4) is 0 Å². The fourth-order valence-electron chi connectivity index (χ4n) is 2.31. The Bertz CT molecular complexity index is 366. The van der Waals surface area contributed by atoms with Crippen LogP contribution >= 0.6 is 11.3 Å². The van der Waals surface area contributed by atoms with Crippen LogP contribution in [0.25, 0.3) is 0 Å². The molecule has 1 aliphatic rings. The molecule has 1 aromatic rings. The maximum absolute atomic E-state index is 11.6. The van der Waals surface area contributed by atoms with Crippen LogP contribution in [0.15, 0.2) is 11.6 Å². The molecule has 0 spiro atoms. The van der Waals surface area contributed by atoms with Gasteiger partial charge in [-0.1, -0.05) is 13.3 Å². The second-order valence-electron chi connectivity index (χ2n) is 4.71. The minimum Gasteiger partial charge on any atom is -0.354 e. The SMILES string of the molecule is CCCCC(=O)NCC1CCCN1c1nccs1. The van der Waals surface area contributed by atoms with Crippen molar-refractivity contribution in [3.63, 3.8) is 0 Å². The lowest BCUT2D eigenvalue weighted by Crippen LogP contribution is -2.40. The monoisotopic (exact) mass is 267 g/mol. The molecule has 100 valence electrons. The highest BCUT2D eigenvalue weighted by Gasteiger charge is 2.26. The van der Waals surface area contributed by atoms with Gasteiger partial charge in [0.15, 0.2) is 5.13 Å². The summed E-state index contributed by atoms with van der Waals surface area (Å²) in [6, 6.07) is 0.418. The second kappa shape index (κ2) is 6.73. The van der Waals surface area contributed by atoms with Gasteiger partial charge in [0.05, 0.1) is 0 Å². The Morgan fingerprint density at radius 3 is 3.28 bits per heavy atom. The summed E-state index contributed by atoms with van der Waals surface area (Å²) in [5, 5.41) is 6.14. The summed E-state index contributed by atoms with van der Waals surface area (Å²) in [4.78, 5) is 18.3. The quantitative estimate of drug-likeness (QED) is 0.861. The number of nitrogens with zero attached hydrogens (tertiary/aromatic N) is 2. The van der Waals surface area contributed by atoms with Crippen molar-refractivity contribution in [1.82, 2.24) is 10.3 Å². The zero-order valence-electron chi connectivity index (χ0n) is 10.9. The minimum atomic E-state index is 0.183. The molecule has 1 fully saturated rings. The average molecular weight is 267 g/mol. The zero-order valence-corrected chi connectivity index (χ0v) is 11.7. The first kappa shape index (κ1) is 13.3. The molecule has 0 saturated carbocycles. The number of thiazole rings is 1. The van der Waals surface area contributed by atoms with E-state index in [9.17, 15) is 4.79 Å². The van der Waals surface area contributed by atoms with E-state index in [1.807, 2.05) is 11.6 Å². The first-order valence-electron chi connectivity index (χ1n) is 6.74. The Morgan fingerprint density at radius 1 is 1.67 bits per heavy atom. The van der Waals surface area contributed by atoms with E-state index in [-0.39, 0.29) is 5.91 Å². The number of unbranched alkanes of at least 4 members (excludes halogenated alkanes) is 1. The molecule has 1 N–H and O–H groups in total. The lowest BCUT2D eigenvalue weighted by atomic mass is 10.2. The van der Waals surface area contributed by atoms with Crippen molar-refractivity contribution in [2.75, 3.05) is 18.0 Å². The van der Waals surface area contributed by atoms with Gasteiger partial charge in [-0.05, 0) is 19.3 Å². The number of rotatable bonds is 6. The molecule has 2 rings (SSSR count). The van der Waals surface area contributed by atoms with Crippen LogP contribution in [0.3, 0.4) is 0 Å². The lowest BCUT2D eigenvalue weighted by Gasteiger charge is -2.24. The summed E-state index contributed by atoms with van der Waals surface area (Å²) < 4.78 is 0. The topological polar surface area (TPSA) is 45.2 Å². The maximum atomic E-state index is 11.6. The van der Waals surface area contributed by atoms with Crippen LogP contribution in [0.2, 0.25) is 0 Å². The molecule has 1 saturated heterocycles. The van der Waals surface area contributed by atoms with Crippen LogP contribution in [-0.4, -0.2) is 30.0 Å². The van der Waals surface area contributed by atoms with Gasteiger partial charge < -0.3 is 10.2 Å². The molecule has 4 nitrogen and oxygen atoms in total. The minimum absolute atomic E-state index is 0.183. The number of hydrogen-bond acceptors (Lipinski definition) is 4. The predicted molar refractivity (Wildman–Crippen MR) is 75.0 cm³/mol. The fraction of sp³-hybridized carbons (Fsp3) is 0.692. The van der Waals surface area contributed by atoms with Crippen molar-refractivity contribution in [3.05, 3.63) is 11.6 Å². The molecule has 18 heavy (non-hydrogen) atoms. The average Bonchev–Trinajstić information content (AvgIpc) is 3.03.